The second kappa shape index (κ2) is 6.17. The standard InChI is InChI=1S/C13H22N2O5S/c1-9-11(6-10(20-9)12(16)17)21(18,19)14-7-13(2,3)8-15(4)5/h6,14H,7-8H2,1-5H3,(H,16,17). The first-order chi connectivity index (χ1) is 9.44. The Bertz CT molecular complexity index is 617. The van der Waals surface area contributed by atoms with Crippen LogP contribution in [0.2, 0.25) is 0 Å². The number of aryl methyl sites for hydroxylation is 1. The molecule has 0 aliphatic carbocycles. The third-order valence-electron chi connectivity index (χ3n) is 2.86. The maximum atomic E-state index is 12.2. The van der Waals surface area contributed by atoms with E-state index in [1.165, 1.54) is 6.92 Å². The molecule has 7 nitrogen and oxygen atoms in total. The Hall–Kier alpha value is -1.38. The summed E-state index contributed by atoms with van der Waals surface area (Å²) in [4.78, 5) is 12.7. The minimum Gasteiger partial charge on any atom is -0.475 e. The highest BCUT2D eigenvalue weighted by Crippen LogP contribution is 2.21. The number of aromatic carboxylic acids is 1. The van der Waals surface area contributed by atoms with E-state index in [1.807, 2.05) is 32.8 Å². The normalized spacial score (nSPS) is 12.9. The van der Waals surface area contributed by atoms with Crippen LogP contribution in [-0.4, -0.2) is 51.6 Å². The van der Waals surface area contributed by atoms with Gasteiger partial charge >= 0.3 is 5.97 Å². The zero-order valence-electron chi connectivity index (χ0n) is 12.9. The van der Waals surface area contributed by atoms with Crippen molar-refractivity contribution >= 4 is 16.0 Å². The number of nitrogens with zero attached hydrogens (tertiary/aromatic N) is 1. The lowest BCUT2D eigenvalue weighted by Crippen LogP contribution is -2.40. The van der Waals surface area contributed by atoms with E-state index in [0.29, 0.717) is 6.54 Å². The van der Waals surface area contributed by atoms with Crippen LogP contribution < -0.4 is 4.72 Å². The summed E-state index contributed by atoms with van der Waals surface area (Å²) in [6, 6.07) is 1.03. The predicted molar refractivity (Wildman–Crippen MR) is 77.9 cm³/mol. The van der Waals surface area contributed by atoms with Crippen LogP contribution in [0.5, 0.6) is 0 Å². The third kappa shape index (κ3) is 4.83. The fourth-order valence-corrected chi connectivity index (χ4v) is 3.54. The fourth-order valence-electron chi connectivity index (χ4n) is 2.12. The molecule has 0 atom stereocenters. The zero-order chi connectivity index (χ0) is 16.4. The summed E-state index contributed by atoms with van der Waals surface area (Å²) < 4.78 is 31.9. The first-order valence-electron chi connectivity index (χ1n) is 6.43. The lowest BCUT2D eigenvalue weighted by Gasteiger charge is -2.28. The quantitative estimate of drug-likeness (QED) is 0.782. The number of rotatable bonds is 7. The molecular weight excluding hydrogens is 296 g/mol. The Morgan fingerprint density at radius 2 is 2.00 bits per heavy atom. The van der Waals surface area contributed by atoms with Crippen molar-refractivity contribution in [2.24, 2.45) is 5.41 Å². The first kappa shape index (κ1) is 17.7. The number of carbonyl (C=O) groups is 1. The molecule has 120 valence electrons. The Labute approximate surface area is 125 Å². The van der Waals surface area contributed by atoms with Crippen molar-refractivity contribution in [1.29, 1.82) is 0 Å². The smallest absolute Gasteiger partial charge is 0.371 e. The Kier molecular flexibility index (Phi) is 5.19. The lowest BCUT2D eigenvalue weighted by atomic mass is 9.93. The molecule has 0 spiro atoms. The monoisotopic (exact) mass is 318 g/mol. The van der Waals surface area contributed by atoms with Gasteiger partial charge in [-0.05, 0) is 26.4 Å². The van der Waals surface area contributed by atoms with E-state index in [2.05, 4.69) is 4.72 Å². The van der Waals surface area contributed by atoms with Gasteiger partial charge in [-0.2, -0.15) is 0 Å². The number of hydrogen-bond donors (Lipinski definition) is 2. The van der Waals surface area contributed by atoms with Crippen LogP contribution in [0.1, 0.15) is 30.2 Å². The highest BCUT2D eigenvalue weighted by Gasteiger charge is 2.27. The van der Waals surface area contributed by atoms with Crippen molar-refractivity contribution in [3.8, 4) is 0 Å². The maximum Gasteiger partial charge on any atom is 0.371 e. The molecule has 8 heteroatoms. The molecule has 0 radical (unpaired) electrons. The second-order valence-corrected chi connectivity index (χ2v) is 7.80. The average Bonchev–Trinajstić information content (AvgIpc) is 2.68. The zero-order valence-corrected chi connectivity index (χ0v) is 13.7. The summed E-state index contributed by atoms with van der Waals surface area (Å²) in [6.07, 6.45) is 0. The highest BCUT2D eigenvalue weighted by atomic mass is 32.2. The summed E-state index contributed by atoms with van der Waals surface area (Å²) in [5, 5.41) is 8.83. The summed E-state index contributed by atoms with van der Waals surface area (Å²) in [7, 11) is 0.0264. The molecular formula is C13H22N2O5S. The number of sulfonamides is 1. The molecule has 0 amide bonds. The van der Waals surface area contributed by atoms with Gasteiger partial charge in [0.1, 0.15) is 10.7 Å². The molecule has 2 N–H and O–H groups in total. The number of carboxylic acid groups (broad SMARTS) is 1. The van der Waals surface area contributed by atoms with Gasteiger partial charge in [-0.15, -0.1) is 0 Å². The maximum absolute atomic E-state index is 12.2. The number of nitrogens with one attached hydrogen (secondary N) is 1. The third-order valence-corrected chi connectivity index (χ3v) is 4.37. The van der Waals surface area contributed by atoms with E-state index in [9.17, 15) is 13.2 Å². The van der Waals surface area contributed by atoms with Gasteiger partial charge in [-0.1, -0.05) is 13.8 Å². The van der Waals surface area contributed by atoms with Gasteiger partial charge in [0.2, 0.25) is 15.8 Å². The SMILES string of the molecule is Cc1oc(C(=O)O)cc1S(=O)(=O)NCC(C)(C)CN(C)C. The molecule has 0 saturated heterocycles. The molecule has 21 heavy (non-hydrogen) atoms. The molecule has 0 aromatic carbocycles. The Morgan fingerprint density at radius 1 is 1.43 bits per heavy atom. The molecule has 1 heterocycles. The number of carboxylic acids is 1. The summed E-state index contributed by atoms with van der Waals surface area (Å²) in [5.41, 5.74) is -0.260. The van der Waals surface area contributed by atoms with E-state index >= 15 is 0 Å². The van der Waals surface area contributed by atoms with E-state index in [1.54, 1.807) is 0 Å². The molecule has 0 unspecified atom stereocenters. The molecule has 1 aromatic heterocycles. The number of hydrogen-bond acceptors (Lipinski definition) is 5. The van der Waals surface area contributed by atoms with E-state index in [0.717, 1.165) is 6.07 Å². The Morgan fingerprint density at radius 3 is 2.43 bits per heavy atom. The van der Waals surface area contributed by atoms with Crippen molar-refractivity contribution in [2.75, 3.05) is 27.2 Å². The van der Waals surface area contributed by atoms with Crippen LogP contribution in [0.4, 0.5) is 0 Å². The van der Waals surface area contributed by atoms with Crippen LogP contribution in [0.15, 0.2) is 15.4 Å². The summed E-state index contributed by atoms with van der Waals surface area (Å²) >= 11 is 0. The number of furan rings is 1. The van der Waals surface area contributed by atoms with Crippen LogP contribution in [0.25, 0.3) is 0 Å². The largest absolute Gasteiger partial charge is 0.475 e. The van der Waals surface area contributed by atoms with E-state index in [4.69, 9.17) is 9.52 Å². The van der Waals surface area contributed by atoms with Crippen molar-refractivity contribution in [2.45, 2.75) is 25.7 Å². The van der Waals surface area contributed by atoms with Crippen molar-refractivity contribution < 1.29 is 22.7 Å². The van der Waals surface area contributed by atoms with Gasteiger partial charge in [0.25, 0.3) is 0 Å². The van der Waals surface area contributed by atoms with Gasteiger partial charge in [-0.25, -0.2) is 17.9 Å². The van der Waals surface area contributed by atoms with Crippen molar-refractivity contribution in [1.82, 2.24) is 9.62 Å². The molecule has 1 rings (SSSR count). The van der Waals surface area contributed by atoms with Gasteiger partial charge in [0.15, 0.2) is 0 Å². The molecule has 1 aromatic rings. The first-order valence-corrected chi connectivity index (χ1v) is 7.91. The van der Waals surface area contributed by atoms with Crippen LogP contribution in [0.3, 0.4) is 0 Å². The van der Waals surface area contributed by atoms with Crippen molar-refractivity contribution in [3.63, 3.8) is 0 Å². The second-order valence-electron chi connectivity index (χ2n) is 6.06. The molecule has 0 bridgehead atoms. The van der Waals surface area contributed by atoms with Crippen LogP contribution >= 0.6 is 0 Å². The molecule has 0 aliphatic heterocycles. The fraction of sp³-hybridized carbons (Fsp3) is 0.615. The summed E-state index contributed by atoms with van der Waals surface area (Å²) in [5.74, 6) is -1.63. The molecule has 0 saturated carbocycles. The summed E-state index contributed by atoms with van der Waals surface area (Å²) in [6.45, 7) is 6.26. The predicted octanol–water partition coefficient (Wildman–Crippen LogP) is 1.15. The van der Waals surface area contributed by atoms with Gasteiger partial charge in [0.05, 0.1) is 0 Å². The average molecular weight is 318 g/mol. The lowest BCUT2D eigenvalue weighted by molar-refractivity contribution is 0.0661. The Balaban J connectivity index is 2.90. The van der Waals surface area contributed by atoms with E-state index in [-0.39, 0.29) is 28.4 Å². The minimum absolute atomic E-state index is 0.0605. The molecule has 0 aliphatic rings. The van der Waals surface area contributed by atoms with Gasteiger partial charge < -0.3 is 14.4 Å². The van der Waals surface area contributed by atoms with Crippen LogP contribution in [0, 0.1) is 12.3 Å². The van der Waals surface area contributed by atoms with Crippen molar-refractivity contribution in [3.05, 3.63) is 17.6 Å². The van der Waals surface area contributed by atoms with Gasteiger partial charge in [-0.3, -0.25) is 0 Å². The highest BCUT2D eigenvalue weighted by molar-refractivity contribution is 7.89. The topological polar surface area (TPSA) is 99.8 Å². The molecule has 0 fully saturated rings. The van der Waals surface area contributed by atoms with E-state index < -0.39 is 16.0 Å². The van der Waals surface area contributed by atoms with Gasteiger partial charge in [0, 0.05) is 19.2 Å². The van der Waals surface area contributed by atoms with Crippen LogP contribution in [-0.2, 0) is 10.0 Å². The minimum atomic E-state index is -3.80.